The molecule has 0 spiro atoms. The lowest BCUT2D eigenvalue weighted by Gasteiger charge is -2.06. The molecule has 0 fully saturated rings. The number of esters is 1. The molecular formula is C13H10BrNO2. The van der Waals surface area contributed by atoms with Gasteiger partial charge in [-0.1, -0.05) is 22.0 Å². The molecule has 1 heterocycles. The molecule has 0 atom stereocenters. The molecule has 17 heavy (non-hydrogen) atoms. The van der Waals surface area contributed by atoms with E-state index in [2.05, 4.69) is 20.9 Å². The molecular weight excluding hydrogens is 282 g/mol. The number of halogens is 1. The highest BCUT2D eigenvalue weighted by Gasteiger charge is 2.10. The van der Waals surface area contributed by atoms with E-state index in [4.69, 9.17) is 4.74 Å². The summed E-state index contributed by atoms with van der Waals surface area (Å²) < 4.78 is 5.58. The molecule has 0 aliphatic heterocycles. The number of nitrogens with zero attached hydrogens (tertiary/aromatic N) is 1. The fraction of sp³-hybridized carbons (Fsp3) is 0.0769. The molecule has 4 heteroatoms. The van der Waals surface area contributed by atoms with Gasteiger partial charge in [0.15, 0.2) is 0 Å². The van der Waals surface area contributed by atoms with Crippen LogP contribution in [-0.4, -0.2) is 18.1 Å². The summed E-state index contributed by atoms with van der Waals surface area (Å²) in [6.07, 6.45) is 1.71. The van der Waals surface area contributed by atoms with Gasteiger partial charge < -0.3 is 4.74 Å². The number of ether oxygens (including phenoxy) is 1. The van der Waals surface area contributed by atoms with Crippen molar-refractivity contribution in [1.29, 1.82) is 0 Å². The maximum Gasteiger partial charge on any atom is 0.337 e. The molecule has 0 amide bonds. The quantitative estimate of drug-likeness (QED) is 0.797. The molecule has 3 nitrogen and oxygen atoms in total. The minimum Gasteiger partial charge on any atom is -0.465 e. The number of benzene rings is 1. The average Bonchev–Trinajstić information content (AvgIpc) is 2.39. The lowest BCUT2D eigenvalue weighted by Crippen LogP contribution is -2.01. The standard InChI is InChI=1S/C13H10BrNO2/c1-17-13(16)9-5-6-11(14)10(8-9)12-4-2-3-7-15-12/h2-8H,1H3. The van der Waals surface area contributed by atoms with Gasteiger partial charge in [0.1, 0.15) is 0 Å². The molecule has 2 rings (SSSR count). The van der Waals surface area contributed by atoms with Gasteiger partial charge in [0.25, 0.3) is 0 Å². The Morgan fingerprint density at radius 3 is 2.76 bits per heavy atom. The minimum absolute atomic E-state index is 0.352. The van der Waals surface area contributed by atoms with Gasteiger partial charge in [0.05, 0.1) is 18.4 Å². The number of aromatic nitrogens is 1. The van der Waals surface area contributed by atoms with Crippen LogP contribution in [0.3, 0.4) is 0 Å². The Morgan fingerprint density at radius 1 is 1.29 bits per heavy atom. The molecule has 0 aliphatic rings. The monoisotopic (exact) mass is 291 g/mol. The van der Waals surface area contributed by atoms with Crippen LogP contribution in [0.5, 0.6) is 0 Å². The topological polar surface area (TPSA) is 39.2 Å². The zero-order valence-corrected chi connectivity index (χ0v) is 10.8. The van der Waals surface area contributed by atoms with Crippen molar-refractivity contribution >= 4 is 21.9 Å². The Labute approximate surface area is 108 Å². The highest BCUT2D eigenvalue weighted by molar-refractivity contribution is 9.10. The second-order valence-electron chi connectivity index (χ2n) is 3.40. The first-order valence-corrected chi connectivity index (χ1v) is 5.81. The predicted octanol–water partition coefficient (Wildman–Crippen LogP) is 3.30. The summed E-state index contributed by atoms with van der Waals surface area (Å²) >= 11 is 3.45. The van der Waals surface area contributed by atoms with E-state index in [0.717, 1.165) is 15.7 Å². The molecule has 1 aromatic carbocycles. The minimum atomic E-state index is -0.352. The number of carbonyl (C=O) groups is 1. The summed E-state index contributed by atoms with van der Waals surface area (Å²) in [6.45, 7) is 0. The van der Waals surface area contributed by atoms with Crippen LogP contribution in [0.25, 0.3) is 11.3 Å². The van der Waals surface area contributed by atoms with Gasteiger partial charge in [0.2, 0.25) is 0 Å². The molecule has 0 aliphatic carbocycles. The van der Waals surface area contributed by atoms with Crippen LogP contribution in [-0.2, 0) is 4.74 Å². The molecule has 0 bridgehead atoms. The van der Waals surface area contributed by atoms with Crippen molar-refractivity contribution in [2.75, 3.05) is 7.11 Å². The van der Waals surface area contributed by atoms with Gasteiger partial charge in [-0.15, -0.1) is 0 Å². The molecule has 0 saturated heterocycles. The van der Waals surface area contributed by atoms with E-state index in [1.165, 1.54) is 7.11 Å². The lowest BCUT2D eigenvalue weighted by molar-refractivity contribution is 0.0601. The van der Waals surface area contributed by atoms with E-state index in [9.17, 15) is 4.79 Å². The summed E-state index contributed by atoms with van der Waals surface area (Å²) in [4.78, 5) is 15.7. The third-order valence-electron chi connectivity index (χ3n) is 2.33. The molecule has 1 aromatic heterocycles. The van der Waals surface area contributed by atoms with Crippen LogP contribution in [0.1, 0.15) is 10.4 Å². The van der Waals surface area contributed by atoms with Gasteiger partial charge in [-0.3, -0.25) is 4.98 Å². The second kappa shape index (κ2) is 5.10. The molecule has 2 aromatic rings. The van der Waals surface area contributed by atoms with Gasteiger partial charge in [-0.05, 0) is 30.3 Å². The van der Waals surface area contributed by atoms with Crippen LogP contribution in [0.15, 0.2) is 47.1 Å². The van der Waals surface area contributed by atoms with Gasteiger partial charge in [0, 0.05) is 16.2 Å². The first-order valence-electron chi connectivity index (χ1n) is 5.01. The summed E-state index contributed by atoms with van der Waals surface area (Å²) in [5.41, 5.74) is 2.19. The van der Waals surface area contributed by atoms with E-state index >= 15 is 0 Å². The Balaban J connectivity index is 2.50. The van der Waals surface area contributed by atoms with Crippen LogP contribution >= 0.6 is 15.9 Å². The number of carbonyl (C=O) groups excluding carboxylic acids is 1. The number of hydrogen-bond acceptors (Lipinski definition) is 3. The smallest absolute Gasteiger partial charge is 0.337 e. The number of pyridine rings is 1. The number of hydrogen-bond donors (Lipinski definition) is 0. The van der Waals surface area contributed by atoms with E-state index in [1.807, 2.05) is 24.3 Å². The average molecular weight is 292 g/mol. The molecule has 0 saturated carbocycles. The maximum absolute atomic E-state index is 11.5. The van der Waals surface area contributed by atoms with Crippen LogP contribution in [0.4, 0.5) is 0 Å². The predicted molar refractivity (Wildman–Crippen MR) is 68.7 cm³/mol. The van der Waals surface area contributed by atoms with Gasteiger partial charge in [-0.2, -0.15) is 0 Å². The zero-order chi connectivity index (χ0) is 12.3. The molecule has 0 radical (unpaired) electrons. The fourth-order valence-corrected chi connectivity index (χ4v) is 1.94. The Kier molecular flexibility index (Phi) is 3.54. The summed E-state index contributed by atoms with van der Waals surface area (Å²) in [5, 5.41) is 0. The lowest BCUT2D eigenvalue weighted by atomic mass is 10.1. The summed E-state index contributed by atoms with van der Waals surface area (Å²) in [5.74, 6) is -0.352. The van der Waals surface area contributed by atoms with Crippen molar-refractivity contribution in [1.82, 2.24) is 4.98 Å². The first-order chi connectivity index (χ1) is 8.22. The van der Waals surface area contributed by atoms with E-state index in [1.54, 1.807) is 18.3 Å². The van der Waals surface area contributed by atoms with Gasteiger partial charge >= 0.3 is 5.97 Å². The zero-order valence-electron chi connectivity index (χ0n) is 9.18. The third kappa shape index (κ3) is 2.53. The first kappa shape index (κ1) is 11.8. The maximum atomic E-state index is 11.5. The molecule has 0 N–H and O–H groups in total. The van der Waals surface area contributed by atoms with Crippen molar-refractivity contribution in [3.05, 3.63) is 52.6 Å². The van der Waals surface area contributed by atoms with Crippen LogP contribution < -0.4 is 0 Å². The summed E-state index contributed by atoms with van der Waals surface area (Å²) in [6, 6.07) is 10.9. The Morgan fingerprint density at radius 2 is 2.12 bits per heavy atom. The van der Waals surface area contributed by atoms with E-state index < -0.39 is 0 Å². The normalized spacial score (nSPS) is 10.0. The van der Waals surface area contributed by atoms with Crippen molar-refractivity contribution in [2.24, 2.45) is 0 Å². The Hall–Kier alpha value is -1.68. The SMILES string of the molecule is COC(=O)c1ccc(Br)c(-c2ccccn2)c1. The molecule has 0 unspecified atom stereocenters. The highest BCUT2D eigenvalue weighted by Crippen LogP contribution is 2.27. The fourth-order valence-electron chi connectivity index (χ4n) is 1.49. The summed E-state index contributed by atoms with van der Waals surface area (Å²) in [7, 11) is 1.37. The highest BCUT2D eigenvalue weighted by atomic mass is 79.9. The van der Waals surface area contributed by atoms with Crippen LogP contribution in [0, 0.1) is 0 Å². The van der Waals surface area contributed by atoms with Crippen molar-refractivity contribution in [3.63, 3.8) is 0 Å². The largest absolute Gasteiger partial charge is 0.465 e. The molecule has 86 valence electrons. The van der Waals surface area contributed by atoms with E-state index in [0.29, 0.717) is 5.56 Å². The number of rotatable bonds is 2. The van der Waals surface area contributed by atoms with Crippen molar-refractivity contribution in [2.45, 2.75) is 0 Å². The van der Waals surface area contributed by atoms with Crippen molar-refractivity contribution in [3.8, 4) is 11.3 Å². The van der Waals surface area contributed by atoms with E-state index in [-0.39, 0.29) is 5.97 Å². The van der Waals surface area contributed by atoms with Gasteiger partial charge in [-0.25, -0.2) is 4.79 Å². The number of methoxy groups -OCH3 is 1. The van der Waals surface area contributed by atoms with Crippen LogP contribution in [0.2, 0.25) is 0 Å². The third-order valence-corrected chi connectivity index (χ3v) is 3.02. The Bertz CT molecular complexity index is 540. The van der Waals surface area contributed by atoms with Crippen molar-refractivity contribution < 1.29 is 9.53 Å². The second-order valence-corrected chi connectivity index (χ2v) is 4.26.